The lowest BCUT2D eigenvalue weighted by molar-refractivity contribution is 0.437. The Bertz CT molecular complexity index is 1260. The monoisotopic (exact) mass is 428 g/mol. The van der Waals surface area contributed by atoms with Crippen molar-refractivity contribution < 1.29 is 0 Å². The highest BCUT2D eigenvalue weighted by atomic mass is 16.1. The Morgan fingerprint density at radius 3 is 2.44 bits per heavy atom. The topological polar surface area (TPSA) is 76.8 Å². The molecule has 0 aliphatic carbocycles. The highest BCUT2D eigenvalue weighted by molar-refractivity contribution is 5.72. The van der Waals surface area contributed by atoms with Crippen molar-refractivity contribution in [3.8, 4) is 0 Å². The first-order chi connectivity index (χ1) is 15.7. The van der Waals surface area contributed by atoms with Crippen LogP contribution in [0, 0.1) is 0 Å². The van der Waals surface area contributed by atoms with Crippen molar-refractivity contribution in [3.63, 3.8) is 0 Å². The van der Waals surface area contributed by atoms with Crippen LogP contribution in [-0.4, -0.2) is 32.2 Å². The summed E-state index contributed by atoms with van der Waals surface area (Å²) in [5, 5.41) is 6.79. The van der Waals surface area contributed by atoms with Crippen molar-refractivity contribution >= 4 is 17.1 Å². The van der Waals surface area contributed by atoms with Crippen molar-refractivity contribution in [1.82, 2.24) is 24.4 Å². The fourth-order valence-corrected chi connectivity index (χ4v) is 4.42. The van der Waals surface area contributed by atoms with Crippen LogP contribution in [0.3, 0.4) is 0 Å². The van der Waals surface area contributed by atoms with Crippen molar-refractivity contribution in [1.29, 1.82) is 0 Å². The average Bonchev–Trinajstić information content (AvgIpc) is 3.20. The third-order valence-electron chi connectivity index (χ3n) is 6.15. The van der Waals surface area contributed by atoms with Crippen LogP contribution in [0.15, 0.2) is 65.5 Å². The summed E-state index contributed by atoms with van der Waals surface area (Å²) in [6.45, 7) is 3.11. The molecule has 0 spiro atoms. The number of hydrogen-bond donors (Lipinski definition) is 2. The number of piperidine rings is 1. The summed E-state index contributed by atoms with van der Waals surface area (Å²) >= 11 is 0. The van der Waals surface area contributed by atoms with E-state index in [4.69, 9.17) is 9.97 Å². The number of rotatable bonds is 6. The van der Waals surface area contributed by atoms with Gasteiger partial charge in [0.05, 0.1) is 0 Å². The molecule has 0 bridgehead atoms. The normalized spacial score (nSPS) is 16.3. The van der Waals surface area contributed by atoms with Crippen molar-refractivity contribution in [2.75, 3.05) is 18.4 Å². The first-order valence-corrected chi connectivity index (χ1v) is 11.2. The van der Waals surface area contributed by atoms with E-state index in [1.54, 1.807) is 11.6 Å². The number of anilines is 1. The number of hydrogen-bond acceptors (Lipinski definition) is 5. The summed E-state index contributed by atoms with van der Waals surface area (Å²) in [6.07, 6.45) is 2.17. The zero-order valence-electron chi connectivity index (χ0n) is 18.3. The molecule has 32 heavy (non-hydrogen) atoms. The van der Waals surface area contributed by atoms with E-state index in [2.05, 4.69) is 27.3 Å². The largest absolute Gasteiger partial charge is 0.351 e. The number of aromatic nitrogens is 4. The van der Waals surface area contributed by atoms with E-state index in [1.165, 1.54) is 0 Å². The van der Waals surface area contributed by atoms with Crippen LogP contribution in [0.5, 0.6) is 0 Å². The van der Waals surface area contributed by atoms with Crippen molar-refractivity contribution in [2.24, 2.45) is 7.05 Å². The second kappa shape index (κ2) is 8.96. The van der Waals surface area contributed by atoms with Crippen LogP contribution in [0.2, 0.25) is 0 Å². The Morgan fingerprint density at radius 1 is 1.03 bits per heavy atom. The molecular formula is C25H28N6O. The van der Waals surface area contributed by atoms with Gasteiger partial charge < -0.3 is 15.2 Å². The van der Waals surface area contributed by atoms with Gasteiger partial charge in [0.1, 0.15) is 5.82 Å². The van der Waals surface area contributed by atoms with Crippen LogP contribution in [0.25, 0.3) is 11.2 Å². The van der Waals surface area contributed by atoms with Crippen LogP contribution < -0.4 is 16.2 Å². The third kappa shape index (κ3) is 4.03. The summed E-state index contributed by atoms with van der Waals surface area (Å²) in [7, 11) is 1.77. The van der Waals surface area contributed by atoms with E-state index in [0.717, 1.165) is 42.9 Å². The summed E-state index contributed by atoms with van der Waals surface area (Å²) in [4.78, 5) is 23.2. The molecule has 164 valence electrons. The molecule has 2 N–H and O–H groups in total. The molecule has 1 fully saturated rings. The molecule has 2 aromatic carbocycles. The molecule has 1 unspecified atom stereocenters. The summed E-state index contributed by atoms with van der Waals surface area (Å²) in [5.41, 5.74) is 3.28. The maximum Gasteiger partial charge on any atom is 0.280 e. The van der Waals surface area contributed by atoms with Gasteiger partial charge in [-0.25, -0.2) is 4.98 Å². The smallest absolute Gasteiger partial charge is 0.280 e. The van der Waals surface area contributed by atoms with Gasteiger partial charge in [-0.05, 0) is 30.5 Å². The predicted octanol–water partition coefficient (Wildman–Crippen LogP) is 3.26. The Kier molecular flexibility index (Phi) is 5.73. The van der Waals surface area contributed by atoms with E-state index in [-0.39, 0.29) is 11.5 Å². The van der Waals surface area contributed by atoms with Gasteiger partial charge in [-0.15, -0.1) is 0 Å². The van der Waals surface area contributed by atoms with E-state index in [1.807, 2.05) is 48.5 Å². The van der Waals surface area contributed by atoms with Crippen molar-refractivity contribution in [2.45, 2.75) is 31.8 Å². The molecule has 1 atom stereocenters. The van der Waals surface area contributed by atoms with Gasteiger partial charge in [0.15, 0.2) is 11.2 Å². The lowest BCUT2D eigenvalue weighted by Gasteiger charge is -2.23. The molecule has 1 aliphatic heterocycles. The zero-order chi connectivity index (χ0) is 21.9. The first-order valence-electron chi connectivity index (χ1n) is 11.2. The number of nitrogens with one attached hydrogen (secondary N) is 2. The van der Waals surface area contributed by atoms with Crippen LogP contribution in [0.1, 0.15) is 35.7 Å². The second-order valence-electron chi connectivity index (χ2n) is 8.40. The number of benzene rings is 2. The first kappa shape index (κ1) is 20.5. The lowest BCUT2D eigenvalue weighted by Crippen LogP contribution is -2.30. The molecule has 0 amide bonds. The molecule has 0 saturated carbocycles. The Morgan fingerprint density at radius 2 is 1.75 bits per heavy atom. The van der Waals surface area contributed by atoms with Gasteiger partial charge in [-0.3, -0.25) is 9.36 Å². The summed E-state index contributed by atoms with van der Waals surface area (Å²) in [6, 6.07) is 20.3. The highest BCUT2D eigenvalue weighted by Crippen LogP contribution is 2.26. The minimum Gasteiger partial charge on any atom is -0.351 e. The molecule has 5 rings (SSSR count). The average molecular weight is 429 g/mol. The lowest BCUT2D eigenvalue weighted by atomic mass is 9.99. The summed E-state index contributed by atoms with van der Waals surface area (Å²) in [5.74, 6) is 1.75. The van der Waals surface area contributed by atoms with Gasteiger partial charge in [-0.2, -0.15) is 4.98 Å². The zero-order valence-corrected chi connectivity index (χ0v) is 18.3. The molecule has 7 nitrogen and oxygen atoms in total. The Balaban J connectivity index is 1.57. The second-order valence-corrected chi connectivity index (χ2v) is 8.40. The van der Waals surface area contributed by atoms with E-state index >= 15 is 0 Å². The number of nitrogens with zero attached hydrogens (tertiary/aromatic N) is 4. The Labute approximate surface area is 187 Å². The quantitative estimate of drug-likeness (QED) is 0.493. The van der Waals surface area contributed by atoms with Crippen molar-refractivity contribution in [3.05, 3.63) is 88.0 Å². The number of imidazole rings is 1. The standard InChI is InChI=1S/C25H28N6O/c1-30-24(32)21-22(29-25(30)27-15-18-9-4-2-5-10-18)28-23(20-13-8-14-26-16-20)31(21)17-19-11-6-3-7-12-19/h2-7,9-12,20,26H,8,13-17H2,1H3,(H,27,29). The molecule has 1 saturated heterocycles. The van der Waals surface area contributed by atoms with Gasteiger partial charge in [0.25, 0.3) is 5.56 Å². The molecular weight excluding hydrogens is 400 g/mol. The molecule has 0 radical (unpaired) electrons. The fraction of sp³-hybridized carbons (Fsp3) is 0.320. The minimum absolute atomic E-state index is 0.0796. The third-order valence-corrected chi connectivity index (χ3v) is 6.15. The van der Waals surface area contributed by atoms with Gasteiger partial charge >= 0.3 is 0 Å². The molecule has 1 aliphatic rings. The molecule has 2 aromatic heterocycles. The maximum absolute atomic E-state index is 13.5. The van der Waals surface area contributed by atoms with Gasteiger partial charge in [-0.1, -0.05) is 60.7 Å². The van der Waals surface area contributed by atoms with Crippen LogP contribution in [-0.2, 0) is 20.1 Å². The van der Waals surface area contributed by atoms with Crippen LogP contribution in [0.4, 0.5) is 5.95 Å². The Hall–Kier alpha value is -3.45. The SMILES string of the molecule is Cn1c(NCc2ccccc2)nc2nc(C3CCCNC3)n(Cc3ccccc3)c2c1=O. The molecule has 3 heterocycles. The fourth-order valence-electron chi connectivity index (χ4n) is 4.42. The van der Waals surface area contributed by atoms with Gasteiger partial charge in [0, 0.05) is 32.6 Å². The molecule has 7 heteroatoms. The van der Waals surface area contributed by atoms with Gasteiger partial charge in [0.2, 0.25) is 5.95 Å². The van der Waals surface area contributed by atoms with E-state index in [9.17, 15) is 4.79 Å². The van der Waals surface area contributed by atoms with Crippen LogP contribution >= 0.6 is 0 Å². The number of fused-ring (bicyclic) bond motifs is 1. The minimum atomic E-state index is -0.0796. The molecule has 4 aromatic rings. The van der Waals surface area contributed by atoms with E-state index < -0.39 is 0 Å². The highest BCUT2D eigenvalue weighted by Gasteiger charge is 2.25. The van der Waals surface area contributed by atoms with E-state index in [0.29, 0.717) is 30.2 Å². The predicted molar refractivity (Wildman–Crippen MR) is 127 cm³/mol. The summed E-state index contributed by atoms with van der Waals surface area (Å²) < 4.78 is 3.68. The maximum atomic E-state index is 13.5.